The quantitative estimate of drug-likeness (QED) is 0.507. The summed E-state index contributed by atoms with van der Waals surface area (Å²) < 4.78 is 31.8. The van der Waals surface area contributed by atoms with E-state index in [0.717, 1.165) is 15.6 Å². The van der Waals surface area contributed by atoms with Crippen LogP contribution in [0, 0.1) is 0 Å². The number of rotatable bonds is 7. The first-order valence-corrected chi connectivity index (χ1v) is 11.4. The Balaban J connectivity index is 1.76. The second kappa shape index (κ2) is 9.27. The first-order valence-electron chi connectivity index (χ1n) is 8.40. The number of amides is 1. The van der Waals surface area contributed by atoms with Gasteiger partial charge < -0.3 is 4.74 Å². The number of carbonyl (C=O) groups is 1. The highest BCUT2D eigenvalue weighted by Crippen LogP contribution is 2.27. The van der Waals surface area contributed by atoms with E-state index in [9.17, 15) is 13.2 Å². The minimum absolute atomic E-state index is 0.0234. The number of carbonyl (C=O) groups excluding carboxylic acids is 1. The Hall–Kier alpha value is -2.24. The van der Waals surface area contributed by atoms with Crippen LogP contribution in [-0.2, 0) is 16.6 Å². The predicted molar refractivity (Wildman–Crippen MR) is 116 cm³/mol. The van der Waals surface area contributed by atoms with Crippen LogP contribution in [0.25, 0.3) is 0 Å². The maximum Gasteiger partial charge on any atom is 0.272 e. The minimum Gasteiger partial charge on any atom is -0.496 e. The van der Waals surface area contributed by atoms with E-state index in [2.05, 4.69) is 15.5 Å². The summed E-state index contributed by atoms with van der Waals surface area (Å²) in [7, 11) is -0.988. The molecule has 30 heavy (non-hydrogen) atoms. The molecule has 0 spiro atoms. The van der Waals surface area contributed by atoms with E-state index in [1.54, 1.807) is 24.3 Å². The van der Waals surface area contributed by atoms with Crippen molar-refractivity contribution in [3.63, 3.8) is 0 Å². The third-order valence-corrected chi connectivity index (χ3v) is 7.55. The number of nitrogens with one attached hydrogen (secondary N) is 1. The van der Waals surface area contributed by atoms with Gasteiger partial charge in [0, 0.05) is 24.2 Å². The zero-order valence-electron chi connectivity index (χ0n) is 15.8. The number of para-hydroxylation sites is 1. The number of ether oxygens (including phenoxy) is 1. The van der Waals surface area contributed by atoms with Crippen LogP contribution < -0.4 is 10.1 Å². The van der Waals surface area contributed by atoms with Crippen molar-refractivity contribution in [3.8, 4) is 5.75 Å². The Bertz CT molecular complexity index is 1180. The van der Waals surface area contributed by atoms with Crippen molar-refractivity contribution in [1.82, 2.24) is 14.5 Å². The number of hydrogen-bond acceptors (Lipinski definition) is 7. The van der Waals surface area contributed by atoms with Gasteiger partial charge in [-0.3, -0.25) is 10.1 Å². The molecule has 3 aromatic rings. The van der Waals surface area contributed by atoms with Crippen molar-refractivity contribution in [2.24, 2.45) is 0 Å². The molecule has 3 rings (SSSR count). The fraction of sp³-hybridized carbons (Fsp3) is 0.167. The molecule has 0 aliphatic heterocycles. The maximum absolute atomic E-state index is 12.8. The minimum atomic E-state index is -3.93. The summed E-state index contributed by atoms with van der Waals surface area (Å²) in [6.07, 6.45) is 0. The van der Waals surface area contributed by atoms with E-state index in [-0.39, 0.29) is 26.6 Å². The molecule has 1 heterocycles. The third kappa shape index (κ3) is 4.90. The largest absolute Gasteiger partial charge is 0.496 e. The lowest BCUT2D eigenvalue weighted by Gasteiger charge is -2.16. The van der Waals surface area contributed by atoms with Crippen molar-refractivity contribution in [3.05, 3.63) is 63.6 Å². The normalized spacial score (nSPS) is 11.5. The summed E-state index contributed by atoms with van der Waals surface area (Å²) in [5, 5.41) is 10.5. The topological polar surface area (TPSA) is 101 Å². The summed E-state index contributed by atoms with van der Waals surface area (Å²) >= 11 is 12.6. The molecule has 0 atom stereocenters. The van der Waals surface area contributed by atoms with Crippen LogP contribution in [0.1, 0.15) is 15.9 Å². The van der Waals surface area contributed by atoms with Crippen LogP contribution in [0.5, 0.6) is 5.75 Å². The van der Waals surface area contributed by atoms with E-state index in [4.69, 9.17) is 27.9 Å². The second-order valence-electron chi connectivity index (χ2n) is 6.02. The van der Waals surface area contributed by atoms with Crippen LogP contribution in [0.4, 0.5) is 5.13 Å². The molecule has 0 saturated carbocycles. The molecule has 12 heteroatoms. The van der Waals surface area contributed by atoms with Gasteiger partial charge in [0.1, 0.15) is 5.75 Å². The fourth-order valence-corrected chi connectivity index (χ4v) is 5.22. The first kappa shape index (κ1) is 22.4. The summed E-state index contributed by atoms with van der Waals surface area (Å²) in [4.78, 5) is 12.4. The van der Waals surface area contributed by atoms with Crippen LogP contribution in [0.2, 0.25) is 10.0 Å². The van der Waals surface area contributed by atoms with Crippen molar-refractivity contribution in [2.45, 2.75) is 10.9 Å². The standard InChI is InChI=1S/C18H16Cl2N4O4S2/c1-24(10-11-5-3-4-6-15(11)28-2)30(26,27)18-23-22-17(29-18)21-16(25)13-8-7-12(19)9-14(13)20/h3-9H,10H2,1-2H3,(H,21,22,25). The molecule has 0 aliphatic rings. The summed E-state index contributed by atoms with van der Waals surface area (Å²) in [5.41, 5.74) is 0.871. The maximum atomic E-state index is 12.8. The van der Waals surface area contributed by atoms with Crippen molar-refractivity contribution in [1.29, 1.82) is 0 Å². The molecule has 0 fully saturated rings. The molecule has 0 unspecified atom stereocenters. The zero-order chi connectivity index (χ0) is 21.9. The van der Waals surface area contributed by atoms with Gasteiger partial charge in [0.05, 0.1) is 17.7 Å². The lowest BCUT2D eigenvalue weighted by Crippen LogP contribution is -2.26. The van der Waals surface area contributed by atoms with Gasteiger partial charge in [0.25, 0.3) is 15.9 Å². The molecule has 1 amide bonds. The van der Waals surface area contributed by atoms with Crippen LogP contribution in [0.3, 0.4) is 0 Å². The Labute approximate surface area is 187 Å². The van der Waals surface area contributed by atoms with Gasteiger partial charge in [-0.05, 0) is 24.3 Å². The highest BCUT2D eigenvalue weighted by Gasteiger charge is 2.27. The molecule has 0 bridgehead atoms. The highest BCUT2D eigenvalue weighted by atomic mass is 35.5. The average molecular weight is 487 g/mol. The van der Waals surface area contributed by atoms with Gasteiger partial charge in [-0.15, -0.1) is 10.2 Å². The average Bonchev–Trinajstić information content (AvgIpc) is 3.17. The number of sulfonamides is 1. The molecule has 158 valence electrons. The van der Waals surface area contributed by atoms with Crippen LogP contribution in [0.15, 0.2) is 46.8 Å². The number of aromatic nitrogens is 2. The Kier molecular flexibility index (Phi) is 6.94. The number of nitrogens with zero attached hydrogens (tertiary/aromatic N) is 3. The predicted octanol–water partition coefficient (Wildman–Crippen LogP) is 3.93. The number of halogens is 2. The Morgan fingerprint density at radius 3 is 2.63 bits per heavy atom. The second-order valence-corrected chi connectivity index (χ2v) is 10.1. The van der Waals surface area contributed by atoms with E-state index in [1.807, 2.05) is 0 Å². The molecule has 1 aromatic heterocycles. The van der Waals surface area contributed by atoms with E-state index >= 15 is 0 Å². The number of anilines is 1. The van der Waals surface area contributed by atoms with Crippen molar-refractivity contribution < 1.29 is 17.9 Å². The zero-order valence-corrected chi connectivity index (χ0v) is 18.9. The third-order valence-electron chi connectivity index (χ3n) is 4.02. The molecule has 0 aliphatic carbocycles. The van der Waals surface area contributed by atoms with Crippen LogP contribution >= 0.6 is 34.5 Å². The highest BCUT2D eigenvalue weighted by molar-refractivity contribution is 7.91. The number of methoxy groups -OCH3 is 1. The van der Waals surface area contributed by atoms with E-state index in [0.29, 0.717) is 16.3 Å². The van der Waals surface area contributed by atoms with E-state index < -0.39 is 15.9 Å². The Morgan fingerprint density at radius 1 is 1.20 bits per heavy atom. The smallest absolute Gasteiger partial charge is 0.272 e. The van der Waals surface area contributed by atoms with Gasteiger partial charge in [-0.1, -0.05) is 52.7 Å². The molecule has 1 N–H and O–H groups in total. The van der Waals surface area contributed by atoms with Gasteiger partial charge in [0.2, 0.25) is 9.47 Å². The molecule has 2 aromatic carbocycles. The van der Waals surface area contributed by atoms with Gasteiger partial charge in [0.15, 0.2) is 0 Å². The van der Waals surface area contributed by atoms with Gasteiger partial charge in [-0.25, -0.2) is 8.42 Å². The van der Waals surface area contributed by atoms with Crippen LogP contribution in [-0.4, -0.2) is 43.0 Å². The monoisotopic (exact) mass is 486 g/mol. The lowest BCUT2D eigenvalue weighted by molar-refractivity contribution is 0.102. The van der Waals surface area contributed by atoms with Crippen molar-refractivity contribution >= 4 is 55.6 Å². The molecule has 8 nitrogen and oxygen atoms in total. The Morgan fingerprint density at radius 2 is 1.93 bits per heavy atom. The molecule has 0 saturated heterocycles. The number of hydrogen-bond donors (Lipinski definition) is 1. The summed E-state index contributed by atoms with van der Waals surface area (Å²) in [6.45, 7) is 0.0774. The summed E-state index contributed by atoms with van der Waals surface area (Å²) in [5.74, 6) is 0.0174. The van der Waals surface area contributed by atoms with Gasteiger partial charge >= 0.3 is 0 Å². The molecular formula is C18H16Cl2N4O4S2. The number of benzene rings is 2. The van der Waals surface area contributed by atoms with Gasteiger partial charge in [-0.2, -0.15) is 4.31 Å². The van der Waals surface area contributed by atoms with Crippen molar-refractivity contribution in [2.75, 3.05) is 19.5 Å². The SMILES string of the molecule is COc1ccccc1CN(C)S(=O)(=O)c1nnc(NC(=O)c2ccc(Cl)cc2Cl)s1. The van der Waals surface area contributed by atoms with E-state index in [1.165, 1.54) is 32.4 Å². The summed E-state index contributed by atoms with van der Waals surface area (Å²) in [6, 6.07) is 11.5. The first-order chi connectivity index (χ1) is 14.2. The molecule has 0 radical (unpaired) electrons. The fourth-order valence-electron chi connectivity index (χ4n) is 2.49. The lowest BCUT2D eigenvalue weighted by atomic mass is 10.2. The molecular weight excluding hydrogens is 471 g/mol.